The molecule has 0 bridgehead atoms. The second-order valence-corrected chi connectivity index (χ2v) is 10.3. The number of carboxylic acids is 1. The molecule has 2 N–H and O–H groups in total. The summed E-state index contributed by atoms with van der Waals surface area (Å²) in [4.78, 5) is 16.5. The highest BCUT2D eigenvalue weighted by atomic mass is 35.5. The fourth-order valence-electron chi connectivity index (χ4n) is 5.14. The Morgan fingerprint density at radius 3 is 2.64 bits per heavy atom. The first-order valence-corrected chi connectivity index (χ1v) is 13.2. The number of hydrogen-bond donors (Lipinski definition) is 2. The van der Waals surface area contributed by atoms with Gasteiger partial charge >= 0.3 is 5.97 Å². The molecule has 0 spiro atoms. The van der Waals surface area contributed by atoms with Crippen LogP contribution in [0.25, 0.3) is 22.4 Å². The molecule has 0 amide bonds. The zero-order valence-corrected chi connectivity index (χ0v) is 21.5. The van der Waals surface area contributed by atoms with Gasteiger partial charge in [0.05, 0.1) is 16.6 Å². The van der Waals surface area contributed by atoms with Crippen molar-refractivity contribution in [3.8, 4) is 11.4 Å². The van der Waals surface area contributed by atoms with Gasteiger partial charge in [-0.3, -0.25) is 0 Å². The van der Waals surface area contributed by atoms with E-state index in [1.165, 1.54) is 24.8 Å². The third kappa shape index (κ3) is 5.44. The molecule has 36 heavy (non-hydrogen) atoms. The molecule has 0 aliphatic heterocycles. The van der Waals surface area contributed by atoms with Crippen molar-refractivity contribution < 1.29 is 9.90 Å². The standard InChI is InChI=1S/C29H29Cl2N3O2/c30-23-11-9-20(25(31)17-23)13-14-32-18-19-5-4-6-21(15-19)28-33-26-16-22(29(35)36)10-12-27(26)34(28)24-7-2-1-3-8-24/h4-6,9-12,15-17,24,32H,1-3,7-8,13-14,18H2,(H,35,36). The Labute approximate surface area is 221 Å². The third-order valence-electron chi connectivity index (χ3n) is 6.98. The van der Waals surface area contributed by atoms with Crippen LogP contribution >= 0.6 is 23.2 Å². The maximum Gasteiger partial charge on any atom is 0.335 e. The molecule has 1 aromatic heterocycles. The number of fused-ring (bicyclic) bond motifs is 1. The number of hydrogen-bond acceptors (Lipinski definition) is 3. The lowest BCUT2D eigenvalue weighted by Crippen LogP contribution is -2.17. The van der Waals surface area contributed by atoms with Gasteiger partial charge in [0.2, 0.25) is 0 Å². The molecular formula is C29H29Cl2N3O2. The van der Waals surface area contributed by atoms with Gasteiger partial charge in [0.15, 0.2) is 0 Å². The molecule has 1 aliphatic rings. The molecule has 0 unspecified atom stereocenters. The average Bonchev–Trinajstić information content (AvgIpc) is 3.27. The second kappa shape index (κ2) is 11.0. The summed E-state index contributed by atoms with van der Waals surface area (Å²) in [7, 11) is 0. The van der Waals surface area contributed by atoms with Crippen LogP contribution in [-0.2, 0) is 13.0 Å². The summed E-state index contributed by atoms with van der Waals surface area (Å²) in [5.41, 5.74) is 5.30. The number of carbonyl (C=O) groups is 1. The molecule has 5 nitrogen and oxygen atoms in total. The lowest BCUT2D eigenvalue weighted by atomic mass is 9.94. The minimum Gasteiger partial charge on any atom is -0.478 e. The van der Waals surface area contributed by atoms with E-state index in [9.17, 15) is 9.90 Å². The van der Waals surface area contributed by atoms with E-state index >= 15 is 0 Å². The van der Waals surface area contributed by atoms with Gasteiger partial charge in [-0.1, -0.05) is 66.7 Å². The Kier molecular flexibility index (Phi) is 7.61. The first-order chi connectivity index (χ1) is 17.5. The summed E-state index contributed by atoms with van der Waals surface area (Å²) in [5, 5.41) is 14.3. The highest BCUT2D eigenvalue weighted by Gasteiger charge is 2.23. The van der Waals surface area contributed by atoms with E-state index in [2.05, 4.69) is 34.1 Å². The Morgan fingerprint density at radius 2 is 1.86 bits per heavy atom. The largest absolute Gasteiger partial charge is 0.478 e. The van der Waals surface area contributed by atoms with Crippen LogP contribution < -0.4 is 5.32 Å². The number of aromatic nitrogens is 2. The molecule has 186 valence electrons. The monoisotopic (exact) mass is 521 g/mol. The SMILES string of the molecule is O=C(O)c1ccc2c(c1)nc(-c1cccc(CNCCc3ccc(Cl)cc3Cl)c1)n2C1CCCCC1. The third-order valence-corrected chi connectivity index (χ3v) is 7.56. The van der Waals surface area contributed by atoms with Crippen molar-refractivity contribution in [2.75, 3.05) is 6.54 Å². The van der Waals surface area contributed by atoms with E-state index in [1.807, 2.05) is 18.2 Å². The van der Waals surface area contributed by atoms with Gasteiger partial charge in [-0.05, 0) is 73.3 Å². The van der Waals surface area contributed by atoms with Crippen LogP contribution in [0.3, 0.4) is 0 Å². The molecule has 7 heteroatoms. The zero-order chi connectivity index (χ0) is 25.1. The topological polar surface area (TPSA) is 67.2 Å². The summed E-state index contributed by atoms with van der Waals surface area (Å²) in [6.45, 7) is 1.52. The van der Waals surface area contributed by atoms with Gasteiger partial charge in [0.25, 0.3) is 0 Å². The quantitative estimate of drug-likeness (QED) is 0.235. The predicted molar refractivity (Wildman–Crippen MR) is 146 cm³/mol. The molecule has 0 atom stereocenters. The van der Waals surface area contributed by atoms with Gasteiger partial charge in [0, 0.05) is 28.2 Å². The number of halogens is 2. The molecule has 1 aliphatic carbocycles. The molecule has 1 heterocycles. The van der Waals surface area contributed by atoms with Crippen molar-refractivity contribution in [1.29, 1.82) is 0 Å². The van der Waals surface area contributed by atoms with Crippen molar-refractivity contribution in [2.24, 2.45) is 0 Å². The van der Waals surface area contributed by atoms with Crippen molar-refractivity contribution in [2.45, 2.75) is 51.1 Å². The van der Waals surface area contributed by atoms with E-state index in [0.29, 0.717) is 16.1 Å². The summed E-state index contributed by atoms with van der Waals surface area (Å²) in [6.07, 6.45) is 6.74. The predicted octanol–water partition coefficient (Wildman–Crippen LogP) is 7.55. The fourth-order valence-corrected chi connectivity index (χ4v) is 5.65. The highest BCUT2D eigenvalue weighted by Crippen LogP contribution is 2.36. The summed E-state index contributed by atoms with van der Waals surface area (Å²) in [5.74, 6) is -0.0205. The maximum absolute atomic E-state index is 11.5. The second-order valence-electron chi connectivity index (χ2n) is 9.47. The number of benzene rings is 3. The number of aromatic carboxylic acids is 1. The maximum atomic E-state index is 11.5. The number of nitrogens with zero attached hydrogens (tertiary/aromatic N) is 2. The smallest absolute Gasteiger partial charge is 0.335 e. The van der Waals surface area contributed by atoms with E-state index in [1.54, 1.807) is 18.2 Å². The molecule has 1 fully saturated rings. The van der Waals surface area contributed by atoms with Crippen LogP contribution in [0, 0.1) is 0 Å². The van der Waals surface area contributed by atoms with Gasteiger partial charge in [-0.15, -0.1) is 0 Å². The van der Waals surface area contributed by atoms with Crippen LogP contribution in [-0.4, -0.2) is 27.2 Å². The summed E-state index contributed by atoms with van der Waals surface area (Å²) < 4.78 is 2.34. The van der Waals surface area contributed by atoms with Gasteiger partial charge in [-0.2, -0.15) is 0 Å². The minimum absolute atomic E-state index is 0.265. The Morgan fingerprint density at radius 1 is 1.03 bits per heavy atom. The van der Waals surface area contributed by atoms with Crippen molar-refractivity contribution in [3.05, 3.63) is 87.4 Å². The van der Waals surface area contributed by atoms with Crippen molar-refractivity contribution in [3.63, 3.8) is 0 Å². The van der Waals surface area contributed by atoms with Crippen molar-refractivity contribution >= 4 is 40.2 Å². The zero-order valence-electron chi connectivity index (χ0n) is 20.0. The number of rotatable bonds is 8. The van der Waals surface area contributed by atoms with E-state index in [0.717, 1.165) is 60.3 Å². The lowest BCUT2D eigenvalue weighted by Gasteiger charge is -2.25. The molecule has 0 saturated heterocycles. The Bertz CT molecular complexity index is 1390. The van der Waals surface area contributed by atoms with Crippen LogP contribution in [0.2, 0.25) is 10.0 Å². The van der Waals surface area contributed by atoms with Crippen LogP contribution in [0.15, 0.2) is 60.7 Å². The number of nitrogens with one attached hydrogen (secondary N) is 1. The summed E-state index contributed by atoms with van der Waals surface area (Å²) >= 11 is 12.3. The van der Waals surface area contributed by atoms with Gasteiger partial charge < -0.3 is 15.0 Å². The molecule has 5 rings (SSSR count). The lowest BCUT2D eigenvalue weighted by molar-refractivity contribution is 0.0697. The normalized spacial score (nSPS) is 14.4. The first kappa shape index (κ1) is 24.8. The van der Waals surface area contributed by atoms with E-state index in [4.69, 9.17) is 28.2 Å². The average molecular weight is 522 g/mol. The fraction of sp³-hybridized carbons (Fsp3) is 0.310. The number of imidazole rings is 1. The molecule has 1 saturated carbocycles. The molecular weight excluding hydrogens is 493 g/mol. The van der Waals surface area contributed by atoms with Crippen molar-refractivity contribution in [1.82, 2.24) is 14.9 Å². The highest BCUT2D eigenvalue weighted by molar-refractivity contribution is 6.35. The number of carboxylic acid groups (broad SMARTS) is 1. The van der Waals surface area contributed by atoms with Crippen LogP contribution in [0.5, 0.6) is 0 Å². The van der Waals surface area contributed by atoms with E-state index < -0.39 is 5.97 Å². The Hall–Kier alpha value is -2.86. The molecule has 4 aromatic rings. The van der Waals surface area contributed by atoms with Gasteiger partial charge in [0.1, 0.15) is 5.82 Å². The molecule has 3 aromatic carbocycles. The van der Waals surface area contributed by atoms with Crippen LogP contribution in [0.1, 0.15) is 59.6 Å². The minimum atomic E-state index is -0.932. The summed E-state index contributed by atoms with van der Waals surface area (Å²) in [6, 6.07) is 19.7. The Balaban J connectivity index is 1.38. The first-order valence-electron chi connectivity index (χ1n) is 12.5. The van der Waals surface area contributed by atoms with E-state index in [-0.39, 0.29) is 5.56 Å². The molecule has 0 radical (unpaired) electrons. The van der Waals surface area contributed by atoms with Gasteiger partial charge in [-0.25, -0.2) is 9.78 Å². The van der Waals surface area contributed by atoms with Crippen LogP contribution in [0.4, 0.5) is 0 Å².